The van der Waals surface area contributed by atoms with Gasteiger partial charge in [-0.05, 0) is 36.1 Å². The van der Waals surface area contributed by atoms with Gasteiger partial charge in [0.2, 0.25) is 5.91 Å². The van der Waals surface area contributed by atoms with Gasteiger partial charge >= 0.3 is 0 Å². The summed E-state index contributed by atoms with van der Waals surface area (Å²) in [6, 6.07) is 15.9. The Labute approximate surface area is 150 Å². The average molecular weight is 350 g/mol. The molecular weight excluding hydrogens is 332 g/mol. The van der Waals surface area contributed by atoms with Crippen LogP contribution in [-0.4, -0.2) is 18.0 Å². The smallest absolute Gasteiger partial charge is 0.230 e. The van der Waals surface area contributed by atoms with Crippen molar-refractivity contribution in [2.24, 2.45) is 0 Å². The lowest BCUT2D eigenvalue weighted by Crippen LogP contribution is -2.14. The van der Waals surface area contributed by atoms with Gasteiger partial charge in [-0.3, -0.25) is 4.79 Å². The second-order valence-electron chi connectivity index (χ2n) is 6.02. The maximum atomic E-state index is 12.4. The Morgan fingerprint density at radius 3 is 2.96 bits per heavy atom. The number of carbonyl (C=O) groups excluding carboxylic acids is 1. The number of fused-ring (bicyclic) bond motifs is 3. The molecule has 4 nitrogen and oxygen atoms in total. The summed E-state index contributed by atoms with van der Waals surface area (Å²) in [7, 11) is 1.62. The second-order valence-corrected chi connectivity index (χ2v) is 7.11. The van der Waals surface area contributed by atoms with Gasteiger partial charge in [-0.15, -0.1) is 11.3 Å². The lowest BCUT2D eigenvalue weighted by Gasteiger charge is -2.13. The van der Waals surface area contributed by atoms with Crippen molar-refractivity contribution in [2.75, 3.05) is 12.4 Å². The van der Waals surface area contributed by atoms with Gasteiger partial charge in [-0.25, -0.2) is 4.98 Å². The summed E-state index contributed by atoms with van der Waals surface area (Å²) in [5.41, 5.74) is 4.45. The number of carbonyl (C=O) groups is 1. The first-order chi connectivity index (χ1) is 12.2. The number of nitrogens with zero attached hydrogens (tertiary/aromatic N) is 1. The minimum Gasteiger partial charge on any atom is -0.497 e. The zero-order valence-corrected chi connectivity index (χ0v) is 14.7. The van der Waals surface area contributed by atoms with Crippen LogP contribution >= 0.6 is 11.3 Å². The maximum Gasteiger partial charge on any atom is 0.230 e. The van der Waals surface area contributed by atoms with Crippen LogP contribution in [0.25, 0.3) is 11.3 Å². The van der Waals surface area contributed by atoms with Crippen molar-refractivity contribution in [3.8, 4) is 17.0 Å². The third kappa shape index (κ3) is 3.28. The van der Waals surface area contributed by atoms with Gasteiger partial charge in [0.15, 0.2) is 5.13 Å². The van der Waals surface area contributed by atoms with E-state index in [1.807, 2.05) is 30.3 Å². The number of hydrogen-bond donors (Lipinski definition) is 1. The highest BCUT2D eigenvalue weighted by Crippen LogP contribution is 2.37. The van der Waals surface area contributed by atoms with Crippen LogP contribution in [0.5, 0.6) is 5.75 Å². The van der Waals surface area contributed by atoms with E-state index in [0.717, 1.165) is 29.8 Å². The Balaban J connectivity index is 1.51. The number of aryl methyl sites for hydroxylation is 2. The number of ether oxygens (including phenoxy) is 1. The van der Waals surface area contributed by atoms with Crippen LogP contribution < -0.4 is 10.1 Å². The van der Waals surface area contributed by atoms with Gasteiger partial charge in [0.05, 0.1) is 19.2 Å². The number of amides is 1. The minimum absolute atomic E-state index is 0.0624. The number of rotatable bonds is 4. The summed E-state index contributed by atoms with van der Waals surface area (Å²) in [4.78, 5) is 18.3. The van der Waals surface area contributed by atoms with Crippen LogP contribution in [0.15, 0.2) is 48.5 Å². The summed E-state index contributed by atoms with van der Waals surface area (Å²) < 4.78 is 5.20. The van der Waals surface area contributed by atoms with Gasteiger partial charge in [0.25, 0.3) is 0 Å². The molecule has 1 aromatic heterocycles. The Morgan fingerprint density at radius 2 is 2.08 bits per heavy atom. The molecule has 0 saturated carbocycles. The molecule has 0 radical (unpaired) electrons. The quantitative estimate of drug-likeness (QED) is 0.771. The lowest BCUT2D eigenvalue weighted by atomic mass is 9.94. The summed E-state index contributed by atoms with van der Waals surface area (Å²) >= 11 is 1.58. The number of aromatic nitrogens is 1. The van der Waals surface area contributed by atoms with Gasteiger partial charge < -0.3 is 10.1 Å². The normalized spacial score (nSPS) is 12.2. The predicted molar refractivity (Wildman–Crippen MR) is 100 cm³/mol. The molecule has 25 heavy (non-hydrogen) atoms. The van der Waals surface area contributed by atoms with Crippen LogP contribution in [-0.2, 0) is 24.1 Å². The molecule has 3 aromatic rings. The van der Waals surface area contributed by atoms with E-state index in [1.54, 1.807) is 18.4 Å². The minimum atomic E-state index is -0.0624. The van der Waals surface area contributed by atoms with Crippen molar-refractivity contribution < 1.29 is 9.53 Å². The Bertz CT molecular complexity index is 933. The molecule has 1 amide bonds. The van der Waals surface area contributed by atoms with Crippen LogP contribution in [0.3, 0.4) is 0 Å². The third-order valence-electron chi connectivity index (χ3n) is 4.34. The maximum absolute atomic E-state index is 12.4. The Hall–Kier alpha value is -2.66. The fraction of sp³-hybridized carbons (Fsp3) is 0.200. The molecule has 126 valence electrons. The number of anilines is 1. The number of hydrogen-bond acceptors (Lipinski definition) is 4. The van der Waals surface area contributed by atoms with E-state index in [0.29, 0.717) is 11.6 Å². The molecule has 0 spiro atoms. The van der Waals surface area contributed by atoms with Gasteiger partial charge in [-0.1, -0.05) is 36.4 Å². The van der Waals surface area contributed by atoms with E-state index < -0.39 is 0 Å². The first-order valence-corrected chi connectivity index (χ1v) is 9.05. The molecular formula is C20H18N2O2S. The number of thiazole rings is 1. The van der Waals surface area contributed by atoms with E-state index in [-0.39, 0.29) is 5.91 Å². The largest absolute Gasteiger partial charge is 0.497 e. The van der Waals surface area contributed by atoms with Crippen LogP contribution in [0.2, 0.25) is 0 Å². The summed E-state index contributed by atoms with van der Waals surface area (Å²) in [5.74, 6) is 0.694. The fourth-order valence-electron chi connectivity index (χ4n) is 3.13. The zero-order chi connectivity index (χ0) is 17.2. The zero-order valence-electron chi connectivity index (χ0n) is 13.9. The molecule has 0 fully saturated rings. The Kier molecular flexibility index (Phi) is 4.24. The molecule has 0 atom stereocenters. The van der Waals surface area contributed by atoms with E-state index in [1.165, 1.54) is 16.0 Å². The number of benzene rings is 2. The highest BCUT2D eigenvalue weighted by atomic mass is 32.1. The van der Waals surface area contributed by atoms with Crippen LogP contribution in [0, 0.1) is 0 Å². The molecule has 1 aliphatic carbocycles. The van der Waals surface area contributed by atoms with Crippen molar-refractivity contribution in [2.45, 2.75) is 19.3 Å². The summed E-state index contributed by atoms with van der Waals surface area (Å²) in [6.07, 6.45) is 2.32. The molecule has 0 aliphatic heterocycles. The number of methoxy groups -OCH3 is 1. The van der Waals surface area contributed by atoms with Gasteiger partial charge in [0, 0.05) is 10.4 Å². The lowest BCUT2D eigenvalue weighted by molar-refractivity contribution is -0.115. The van der Waals surface area contributed by atoms with Gasteiger partial charge in [-0.2, -0.15) is 0 Å². The SMILES string of the molecule is COc1cccc(CC(=O)Nc2nc3c(s2)CCc2ccccc2-3)c1. The molecule has 2 aromatic carbocycles. The monoisotopic (exact) mass is 350 g/mol. The predicted octanol–water partition coefficient (Wildman–Crippen LogP) is 4.10. The van der Waals surface area contributed by atoms with Crippen molar-refractivity contribution in [3.63, 3.8) is 0 Å². The molecule has 4 rings (SSSR count). The summed E-state index contributed by atoms with van der Waals surface area (Å²) in [5, 5.41) is 3.62. The molecule has 0 saturated heterocycles. The third-order valence-corrected chi connectivity index (χ3v) is 5.37. The molecule has 0 bridgehead atoms. The Morgan fingerprint density at radius 1 is 1.20 bits per heavy atom. The average Bonchev–Trinajstić information content (AvgIpc) is 3.04. The molecule has 1 aliphatic rings. The first kappa shape index (κ1) is 15.8. The van der Waals surface area contributed by atoms with Crippen molar-refractivity contribution >= 4 is 22.4 Å². The van der Waals surface area contributed by atoms with E-state index in [4.69, 9.17) is 4.74 Å². The molecule has 1 N–H and O–H groups in total. The topological polar surface area (TPSA) is 51.2 Å². The van der Waals surface area contributed by atoms with E-state index >= 15 is 0 Å². The molecule has 0 unspecified atom stereocenters. The number of nitrogens with one attached hydrogen (secondary N) is 1. The van der Waals surface area contributed by atoms with Crippen molar-refractivity contribution in [1.82, 2.24) is 4.98 Å². The standard InChI is InChI=1S/C20H18N2O2S/c1-24-15-7-4-5-13(11-15)12-18(23)21-20-22-19-16-8-3-2-6-14(16)9-10-17(19)25-20/h2-8,11H,9-10,12H2,1H3,(H,21,22,23). The van der Waals surface area contributed by atoms with E-state index in [9.17, 15) is 4.79 Å². The fourth-order valence-corrected chi connectivity index (χ4v) is 4.13. The highest BCUT2D eigenvalue weighted by molar-refractivity contribution is 7.16. The van der Waals surface area contributed by atoms with E-state index in [2.05, 4.69) is 28.5 Å². The molecule has 1 heterocycles. The molecule has 5 heteroatoms. The van der Waals surface area contributed by atoms with Crippen LogP contribution in [0.4, 0.5) is 5.13 Å². The van der Waals surface area contributed by atoms with Gasteiger partial charge in [0.1, 0.15) is 5.75 Å². The van der Waals surface area contributed by atoms with Crippen molar-refractivity contribution in [1.29, 1.82) is 0 Å². The van der Waals surface area contributed by atoms with Crippen molar-refractivity contribution in [3.05, 3.63) is 64.5 Å². The second kappa shape index (κ2) is 6.69. The highest BCUT2D eigenvalue weighted by Gasteiger charge is 2.21. The summed E-state index contributed by atoms with van der Waals surface area (Å²) in [6.45, 7) is 0. The first-order valence-electron chi connectivity index (χ1n) is 8.23. The van der Waals surface area contributed by atoms with Crippen LogP contribution in [0.1, 0.15) is 16.0 Å².